The van der Waals surface area contributed by atoms with Crippen LogP contribution in [0.3, 0.4) is 0 Å². The highest BCUT2D eigenvalue weighted by molar-refractivity contribution is 7.89. The molecule has 1 heterocycles. The summed E-state index contributed by atoms with van der Waals surface area (Å²) in [5.41, 5.74) is 1.02. The Balaban J connectivity index is 3.06. The average Bonchev–Trinajstić information content (AvgIpc) is 2.29. The minimum Gasteiger partial charge on any atom is -0.336 e. The van der Waals surface area contributed by atoms with Crippen molar-refractivity contribution in [1.82, 2.24) is 4.57 Å². The van der Waals surface area contributed by atoms with Gasteiger partial charge in [0, 0.05) is 23.6 Å². The fraction of sp³-hybridized carbons (Fsp3) is 0.600. The third kappa shape index (κ3) is 2.87. The zero-order valence-electron chi connectivity index (χ0n) is 9.11. The molecule has 0 aromatic carbocycles. The van der Waals surface area contributed by atoms with Crippen LogP contribution >= 0.6 is 0 Å². The SMILES string of the molecule is CC(C)(C)c1cccn1CS(C)(=O)=O. The molecule has 80 valence electrons. The van der Waals surface area contributed by atoms with E-state index in [4.69, 9.17) is 0 Å². The van der Waals surface area contributed by atoms with Crippen LogP contribution in [-0.4, -0.2) is 19.2 Å². The fourth-order valence-electron chi connectivity index (χ4n) is 1.46. The quantitative estimate of drug-likeness (QED) is 0.754. The third-order valence-corrected chi connectivity index (χ3v) is 2.72. The molecule has 0 spiro atoms. The molecule has 1 rings (SSSR count). The Hall–Kier alpha value is -0.770. The lowest BCUT2D eigenvalue weighted by Crippen LogP contribution is -2.19. The Morgan fingerprint density at radius 1 is 1.36 bits per heavy atom. The first-order valence-corrected chi connectivity index (χ1v) is 6.59. The van der Waals surface area contributed by atoms with Gasteiger partial charge in [0.2, 0.25) is 0 Å². The maximum Gasteiger partial charge on any atom is 0.165 e. The van der Waals surface area contributed by atoms with Gasteiger partial charge in [-0.25, -0.2) is 8.42 Å². The maximum absolute atomic E-state index is 11.2. The smallest absolute Gasteiger partial charge is 0.165 e. The van der Waals surface area contributed by atoms with Crippen LogP contribution in [0.2, 0.25) is 0 Å². The Morgan fingerprint density at radius 2 is 1.93 bits per heavy atom. The lowest BCUT2D eigenvalue weighted by atomic mass is 9.92. The molecule has 0 radical (unpaired) electrons. The lowest BCUT2D eigenvalue weighted by molar-refractivity contribution is 0.531. The van der Waals surface area contributed by atoms with Gasteiger partial charge in [-0.05, 0) is 12.1 Å². The molecule has 0 aliphatic heterocycles. The molecule has 0 atom stereocenters. The summed E-state index contributed by atoms with van der Waals surface area (Å²) in [5, 5.41) is 0. The Morgan fingerprint density at radius 3 is 2.36 bits per heavy atom. The highest BCUT2D eigenvalue weighted by atomic mass is 32.2. The summed E-state index contributed by atoms with van der Waals surface area (Å²) >= 11 is 0. The van der Waals surface area contributed by atoms with E-state index < -0.39 is 9.84 Å². The normalized spacial score (nSPS) is 13.1. The molecule has 1 aromatic heterocycles. The molecule has 0 fully saturated rings. The summed E-state index contributed by atoms with van der Waals surface area (Å²) in [7, 11) is -2.97. The summed E-state index contributed by atoms with van der Waals surface area (Å²) in [6.45, 7) is 6.21. The third-order valence-electron chi connectivity index (χ3n) is 1.97. The van der Waals surface area contributed by atoms with Crippen molar-refractivity contribution in [2.24, 2.45) is 0 Å². The monoisotopic (exact) mass is 215 g/mol. The molecule has 0 aliphatic rings. The number of rotatable bonds is 2. The first-order valence-electron chi connectivity index (χ1n) is 4.53. The van der Waals surface area contributed by atoms with Crippen molar-refractivity contribution in [3.05, 3.63) is 24.0 Å². The standard InChI is InChI=1S/C10H17NO2S/c1-10(2,3)9-6-5-7-11(9)8-14(4,12)13/h5-7H,8H2,1-4H3. The minimum absolute atomic E-state index is 0.0197. The van der Waals surface area contributed by atoms with E-state index in [1.54, 1.807) is 4.57 Å². The second-order valence-electron chi connectivity index (χ2n) is 4.67. The number of aromatic nitrogens is 1. The van der Waals surface area contributed by atoms with Crippen LogP contribution in [0.5, 0.6) is 0 Å². The highest BCUT2D eigenvalue weighted by Gasteiger charge is 2.18. The molecule has 0 N–H and O–H groups in total. The topological polar surface area (TPSA) is 39.1 Å². The van der Waals surface area contributed by atoms with E-state index in [1.807, 2.05) is 18.3 Å². The molecule has 0 saturated carbocycles. The van der Waals surface area contributed by atoms with E-state index in [9.17, 15) is 8.42 Å². The maximum atomic E-state index is 11.2. The summed E-state index contributed by atoms with van der Waals surface area (Å²) in [5.74, 6) is 0.0621. The van der Waals surface area contributed by atoms with Crippen molar-refractivity contribution < 1.29 is 8.42 Å². The molecule has 0 unspecified atom stereocenters. The average molecular weight is 215 g/mol. The van der Waals surface area contributed by atoms with Crippen LogP contribution in [-0.2, 0) is 21.1 Å². The van der Waals surface area contributed by atoms with Crippen molar-refractivity contribution in [3.63, 3.8) is 0 Å². The summed E-state index contributed by atoms with van der Waals surface area (Å²) in [6, 6.07) is 3.84. The number of sulfone groups is 1. The van der Waals surface area contributed by atoms with Crippen LogP contribution in [0.25, 0.3) is 0 Å². The zero-order chi connectivity index (χ0) is 11.0. The first kappa shape index (κ1) is 11.3. The molecule has 0 aliphatic carbocycles. The number of hydrogen-bond acceptors (Lipinski definition) is 2. The van der Waals surface area contributed by atoms with Crippen molar-refractivity contribution in [2.45, 2.75) is 32.1 Å². The fourth-order valence-corrected chi connectivity index (χ4v) is 2.19. The zero-order valence-corrected chi connectivity index (χ0v) is 9.93. The number of nitrogens with zero attached hydrogens (tertiary/aromatic N) is 1. The van der Waals surface area contributed by atoms with Crippen LogP contribution in [0, 0.1) is 0 Å². The van der Waals surface area contributed by atoms with Gasteiger partial charge in [-0.1, -0.05) is 20.8 Å². The van der Waals surface area contributed by atoms with Crippen LogP contribution in [0.15, 0.2) is 18.3 Å². The van der Waals surface area contributed by atoms with Gasteiger partial charge >= 0.3 is 0 Å². The predicted molar refractivity (Wildman–Crippen MR) is 58.0 cm³/mol. The second kappa shape index (κ2) is 3.42. The molecule has 0 saturated heterocycles. The Kier molecular flexibility index (Phi) is 2.76. The van der Waals surface area contributed by atoms with Gasteiger partial charge in [-0.2, -0.15) is 0 Å². The lowest BCUT2D eigenvalue weighted by Gasteiger charge is -2.21. The van der Waals surface area contributed by atoms with Gasteiger partial charge in [0.05, 0.1) is 0 Å². The van der Waals surface area contributed by atoms with Crippen molar-refractivity contribution >= 4 is 9.84 Å². The van der Waals surface area contributed by atoms with Gasteiger partial charge in [0.25, 0.3) is 0 Å². The van der Waals surface area contributed by atoms with Crippen molar-refractivity contribution in [3.8, 4) is 0 Å². The molecule has 3 nitrogen and oxygen atoms in total. The molecular formula is C10H17NO2S. The van der Waals surface area contributed by atoms with Gasteiger partial charge < -0.3 is 4.57 Å². The summed E-state index contributed by atoms with van der Waals surface area (Å²) < 4.78 is 24.1. The number of hydrogen-bond donors (Lipinski definition) is 0. The van der Waals surface area contributed by atoms with Gasteiger partial charge in [0.1, 0.15) is 5.88 Å². The van der Waals surface area contributed by atoms with Crippen LogP contribution < -0.4 is 0 Å². The van der Waals surface area contributed by atoms with E-state index in [0.717, 1.165) is 5.69 Å². The summed E-state index contributed by atoms with van der Waals surface area (Å²) in [4.78, 5) is 0. The minimum atomic E-state index is -2.97. The molecule has 0 bridgehead atoms. The Labute approximate surface area is 85.7 Å². The van der Waals surface area contributed by atoms with E-state index in [2.05, 4.69) is 20.8 Å². The van der Waals surface area contributed by atoms with Crippen LogP contribution in [0.4, 0.5) is 0 Å². The highest BCUT2D eigenvalue weighted by Crippen LogP contribution is 2.22. The van der Waals surface area contributed by atoms with E-state index in [-0.39, 0.29) is 11.3 Å². The van der Waals surface area contributed by atoms with Gasteiger partial charge in [0.15, 0.2) is 9.84 Å². The van der Waals surface area contributed by atoms with Gasteiger partial charge in [-0.3, -0.25) is 0 Å². The summed E-state index contributed by atoms with van der Waals surface area (Å²) in [6.07, 6.45) is 3.06. The van der Waals surface area contributed by atoms with Crippen molar-refractivity contribution in [1.29, 1.82) is 0 Å². The predicted octanol–water partition coefficient (Wildman–Crippen LogP) is 1.79. The molecule has 14 heavy (non-hydrogen) atoms. The largest absolute Gasteiger partial charge is 0.336 e. The first-order chi connectivity index (χ1) is 6.20. The van der Waals surface area contributed by atoms with E-state index in [0.29, 0.717) is 0 Å². The molecule has 0 amide bonds. The van der Waals surface area contributed by atoms with Gasteiger partial charge in [-0.15, -0.1) is 0 Å². The van der Waals surface area contributed by atoms with Crippen LogP contribution in [0.1, 0.15) is 26.5 Å². The second-order valence-corrected chi connectivity index (χ2v) is 6.78. The van der Waals surface area contributed by atoms with E-state index in [1.165, 1.54) is 6.26 Å². The van der Waals surface area contributed by atoms with Crippen molar-refractivity contribution in [2.75, 3.05) is 6.26 Å². The molecule has 4 heteroatoms. The van der Waals surface area contributed by atoms with E-state index >= 15 is 0 Å². The molecular weight excluding hydrogens is 198 g/mol. The molecule has 1 aromatic rings. The Bertz CT molecular complexity index is 410.